The van der Waals surface area contributed by atoms with Crippen molar-refractivity contribution in [1.82, 2.24) is 4.98 Å². The molecule has 1 heterocycles. The molecule has 15 heavy (non-hydrogen) atoms. The Morgan fingerprint density at radius 3 is 2.93 bits per heavy atom. The van der Waals surface area contributed by atoms with Crippen molar-refractivity contribution in [2.75, 3.05) is 24.7 Å². The van der Waals surface area contributed by atoms with Gasteiger partial charge in [0.05, 0.1) is 18.9 Å². The Morgan fingerprint density at radius 1 is 1.60 bits per heavy atom. The summed E-state index contributed by atoms with van der Waals surface area (Å²) in [5, 5.41) is 12.3. The van der Waals surface area contributed by atoms with Crippen LogP contribution in [0.1, 0.15) is 13.3 Å². The van der Waals surface area contributed by atoms with Crippen molar-refractivity contribution in [3.8, 4) is 5.88 Å². The highest BCUT2D eigenvalue weighted by Crippen LogP contribution is 2.19. The Hall–Kier alpha value is -1.49. The van der Waals surface area contributed by atoms with E-state index in [-0.39, 0.29) is 0 Å². The minimum absolute atomic E-state index is 0.391. The SMILES string of the molecule is CCC(O)CNc1nc(OC)ccc1N. The van der Waals surface area contributed by atoms with Crippen LogP contribution >= 0.6 is 0 Å². The number of aliphatic hydroxyl groups is 1. The summed E-state index contributed by atoms with van der Waals surface area (Å²) in [6.07, 6.45) is 0.300. The molecule has 5 heteroatoms. The molecule has 1 atom stereocenters. The average Bonchev–Trinajstić information content (AvgIpc) is 2.27. The first-order valence-electron chi connectivity index (χ1n) is 4.89. The van der Waals surface area contributed by atoms with Crippen LogP contribution in [0.3, 0.4) is 0 Å². The van der Waals surface area contributed by atoms with Crippen LogP contribution in [0.2, 0.25) is 0 Å². The van der Waals surface area contributed by atoms with Crippen LogP contribution in [0, 0.1) is 0 Å². The fourth-order valence-corrected chi connectivity index (χ4v) is 1.07. The van der Waals surface area contributed by atoms with Crippen LogP contribution in [-0.2, 0) is 0 Å². The molecule has 0 amide bonds. The number of ether oxygens (including phenoxy) is 1. The minimum atomic E-state index is -0.391. The lowest BCUT2D eigenvalue weighted by Gasteiger charge is -2.12. The van der Waals surface area contributed by atoms with E-state index in [1.807, 2.05) is 6.92 Å². The monoisotopic (exact) mass is 211 g/mol. The molecule has 1 rings (SSSR count). The van der Waals surface area contributed by atoms with Gasteiger partial charge in [-0.15, -0.1) is 0 Å². The van der Waals surface area contributed by atoms with Crippen molar-refractivity contribution < 1.29 is 9.84 Å². The second kappa shape index (κ2) is 5.41. The van der Waals surface area contributed by atoms with Gasteiger partial charge in [0.1, 0.15) is 0 Å². The molecule has 0 saturated heterocycles. The average molecular weight is 211 g/mol. The molecule has 1 aromatic heterocycles. The lowest BCUT2D eigenvalue weighted by molar-refractivity contribution is 0.183. The predicted octanol–water partition coefficient (Wildman–Crippen LogP) is 0.855. The van der Waals surface area contributed by atoms with Crippen molar-refractivity contribution in [2.24, 2.45) is 0 Å². The zero-order valence-electron chi connectivity index (χ0n) is 9.03. The highest BCUT2D eigenvalue weighted by molar-refractivity contribution is 5.61. The smallest absolute Gasteiger partial charge is 0.215 e. The number of hydrogen-bond donors (Lipinski definition) is 3. The van der Waals surface area contributed by atoms with Gasteiger partial charge < -0.3 is 20.9 Å². The number of hydrogen-bond acceptors (Lipinski definition) is 5. The molecule has 0 aliphatic carbocycles. The van der Waals surface area contributed by atoms with Crippen molar-refractivity contribution >= 4 is 11.5 Å². The van der Waals surface area contributed by atoms with E-state index < -0.39 is 6.10 Å². The summed E-state index contributed by atoms with van der Waals surface area (Å²) in [5.41, 5.74) is 6.25. The Bertz CT molecular complexity index is 318. The first-order valence-corrected chi connectivity index (χ1v) is 4.89. The summed E-state index contributed by atoms with van der Waals surface area (Å²) in [5.74, 6) is 1.04. The number of aliphatic hydroxyl groups excluding tert-OH is 1. The van der Waals surface area contributed by atoms with E-state index >= 15 is 0 Å². The van der Waals surface area contributed by atoms with Crippen LogP contribution in [0.5, 0.6) is 5.88 Å². The quantitative estimate of drug-likeness (QED) is 0.673. The van der Waals surface area contributed by atoms with E-state index in [1.165, 1.54) is 0 Å². The van der Waals surface area contributed by atoms with Gasteiger partial charge in [-0.2, -0.15) is 4.98 Å². The second-order valence-corrected chi connectivity index (χ2v) is 3.23. The van der Waals surface area contributed by atoms with E-state index in [0.717, 1.165) is 0 Å². The van der Waals surface area contributed by atoms with Crippen molar-refractivity contribution in [3.63, 3.8) is 0 Å². The molecule has 0 fully saturated rings. The zero-order valence-corrected chi connectivity index (χ0v) is 9.03. The summed E-state index contributed by atoms with van der Waals surface area (Å²) >= 11 is 0. The molecule has 0 aliphatic heterocycles. The number of anilines is 2. The Balaban J connectivity index is 2.66. The predicted molar refractivity (Wildman–Crippen MR) is 60.0 cm³/mol. The van der Waals surface area contributed by atoms with Gasteiger partial charge >= 0.3 is 0 Å². The lowest BCUT2D eigenvalue weighted by atomic mass is 10.3. The molecule has 0 saturated carbocycles. The van der Waals surface area contributed by atoms with Crippen molar-refractivity contribution in [1.29, 1.82) is 0 Å². The van der Waals surface area contributed by atoms with Crippen LogP contribution < -0.4 is 15.8 Å². The highest BCUT2D eigenvalue weighted by Gasteiger charge is 2.05. The molecule has 1 unspecified atom stereocenters. The summed E-state index contributed by atoms with van der Waals surface area (Å²) in [4.78, 5) is 4.13. The third-order valence-electron chi connectivity index (χ3n) is 2.09. The number of nitrogens with two attached hydrogens (primary N) is 1. The molecule has 0 bridgehead atoms. The first kappa shape index (κ1) is 11.6. The van der Waals surface area contributed by atoms with E-state index in [9.17, 15) is 5.11 Å². The fourth-order valence-electron chi connectivity index (χ4n) is 1.07. The van der Waals surface area contributed by atoms with Gasteiger partial charge in [0.2, 0.25) is 5.88 Å². The van der Waals surface area contributed by atoms with Gasteiger partial charge in [-0.3, -0.25) is 0 Å². The number of rotatable bonds is 5. The minimum Gasteiger partial charge on any atom is -0.481 e. The molecular weight excluding hydrogens is 194 g/mol. The number of pyridine rings is 1. The molecule has 0 spiro atoms. The number of nitrogens with one attached hydrogen (secondary N) is 1. The van der Waals surface area contributed by atoms with E-state index in [0.29, 0.717) is 30.4 Å². The highest BCUT2D eigenvalue weighted by atomic mass is 16.5. The van der Waals surface area contributed by atoms with E-state index in [2.05, 4.69) is 10.3 Å². The van der Waals surface area contributed by atoms with Gasteiger partial charge in [-0.05, 0) is 12.5 Å². The molecule has 84 valence electrons. The largest absolute Gasteiger partial charge is 0.481 e. The number of aromatic nitrogens is 1. The molecule has 0 aliphatic rings. The summed E-state index contributed by atoms with van der Waals surface area (Å²) in [6, 6.07) is 3.41. The Labute approximate surface area is 89.3 Å². The molecule has 5 nitrogen and oxygen atoms in total. The summed E-state index contributed by atoms with van der Waals surface area (Å²) < 4.78 is 4.97. The Kier molecular flexibility index (Phi) is 4.17. The zero-order chi connectivity index (χ0) is 11.3. The molecule has 0 radical (unpaired) electrons. The maximum atomic E-state index is 9.37. The molecular formula is C10H17N3O2. The van der Waals surface area contributed by atoms with Crippen molar-refractivity contribution in [3.05, 3.63) is 12.1 Å². The number of nitrogens with zero attached hydrogens (tertiary/aromatic N) is 1. The maximum absolute atomic E-state index is 9.37. The standard InChI is InChI=1S/C10H17N3O2/c1-3-7(14)6-12-10-8(11)4-5-9(13-10)15-2/h4-5,7,14H,3,6,11H2,1-2H3,(H,12,13). The topological polar surface area (TPSA) is 80.4 Å². The van der Waals surface area contributed by atoms with Gasteiger partial charge in [0, 0.05) is 12.6 Å². The van der Waals surface area contributed by atoms with Gasteiger partial charge in [0.25, 0.3) is 0 Å². The van der Waals surface area contributed by atoms with Crippen LogP contribution in [0.15, 0.2) is 12.1 Å². The van der Waals surface area contributed by atoms with Gasteiger partial charge in [0.15, 0.2) is 5.82 Å². The normalized spacial score (nSPS) is 12.2. The number of nitrogen functional groups attached to an aromatic ring is 1. The molecule has 1 aromatic rings. The van der Waals surface area contributed by atoms with Crippen LogP contribution in [0.4, 0.5) is 11.5 Å². The van der Waals surface area contributed by atoms with Crippen LogP contribution in [0.25, 0.3) is 0 Å². The molecule has 0 aromatic carbocycles. The van der Waals surface area contributed by atoms with Gasteiger partial charge in [-0.25, -0.2) is 0 Å². The summed E-state index contributed by atoms with van der Waals surface area (Å²) in [6.45, 7) is 2.34. The lowest BCUT2D eigenvalue weighted by Crippen LogP contribution is -2.19. The third-order valence-corrected chi connectivity index (χ3v) is 2.09. The maximum Gasteiger partial charge on any atom is 0.215 e. The Morgan fingerprint density at radius 2 is 2.33 bits per heavy atom. The second-order valence-electron chi connectivity index (χ2n) is 3.23. The van der Waals surface area contributed by atoms with Crippen molar-refractivity contribution in [2.45, 2.75) is 19.4 Å². The third kappa shape index (κ3) is 3.28. The number of methoxy groups -OCH3 is 1. The van der Waals surface area contributed by atoms with Gasteiger partial charge in [-0.1, -0.05) is 6.92 Å². The molecule has 4 N–H and O–H groups in total. The first-order chi connectivity index (χ1) is 7.17. The van der Waals surface area contributed by atoms with E-state index in [4.69, 9.17) is 10.5 Å². The van der Waals surface area contributed by atoms with E-state index in [1.54, 1.807) is 19.2 Å². The fraction of sp³-hybridized carbons (Fsp3) is 0.500. The van der Waals surface area contributed by atoms with Crippen LogP contribution in [-0.4, -0.2) is 29.8 Å². The summed E-state index contributed by atoms with van der Waals surface area (Å²) in [7, 11) is 1.54.